The van der Waals surface area contributed by atoms with Gasteiger partial charge in [0.05, 0.1) is 0 Å². The zero-order valence-electron chi connectivity index (χ0n) is 14.1. The molecule has 0 bridgehead atoms. The van der Waals surface area contributed by atoms with E-state index in [1.165, 1.54) is 11.1 Å². The van der Waals surface area contributed by atoms with Crippen molar-refractivity contribution in [1.29, 1.82) is 0 Å². The highest BCUT2D eigenvalue weighted by Crippen LogP contribution is 2.35. The number of fused-ring (bicyclic) bond motifs is 1. The summed E-state index contributed by atoms with van der Waals surface area (Å²) >= 11 is -1.60. The third-order valence-corrected chi connectivity index (χ3v) is 5.84. The lowest BCUT2D eigenvalue weighted by Gasteiger charge is -2.39. The average molecular weight is 357 g/mol. The van der Waals surface area contributed by atoms with E-state index in [9.17, 15) is 4.21 Å². The molecule has 1 saturated heterocycles. The van der Waals surface area contributed by atoms with Gasteiger partial charge < -0.3 is 0 Å². The minimum Gasteiger partial charge on any atom is -0.289 e. The summed E-state index contributed by atoms with van der Waals surface area (Å²) in [7, 11) is 0. The van der Waals surface area contributed by atoms with Crippen LogP contribution in [0.25, 0.3) is 0 Å². The van der Waals surface area contributed by atoms with Gasteiger partial charge in [0.1, 0.15) is 12.2 Å². The molecule has 4 nitrogen and oxygen atoms in total. The van der Waals surface area contributed by atoms with Gasteiger partial charge in [0.25, 0.3) is 0 Å². The van der Waals surface area contributed by atoms with Crippen molar-refractivity contribution in [2.75, 3.05) is 0 Å². The van der Waals surface area contributed by atoms with Gasteiger partial charge in [0.15, 0.2) is 0 Å². The van der Waals surface area contributed by atoms with Crippen LogP contribution in [0.15, 0.2) is 60.7 Å². The Balaban J connectivity index is 1.58. The number of hydrogen-bond acceptors (Lipinski definition) is 4. The molecule has 1 saturated carbocycles. The fourth-order valence-electron chi connectivity index (χ4n) is 3.86. The summed E-state index contributed by atoms with van der Waals surface area (Å²) in [6.45, 7) is 1.69. The lowest BCUT2D eigenvalue weighted by atomic mass is 9.88. The zero-order chi connectivity index (χ0) is 17.1. The van der Waals surface area contributed by atoms with E-state index < -0.39 is 11.4 Å². The molecular weight excluding hydrogens is 334 g/mol. The first-order chi connectivity index (χ1) is 12.3. The second-order valence-corrected chi connectivity index (χ2v) is 7.57. The summed E-state index contributed by atoms with van der Waals surface area (Å²) < 4.78 is 22.9. The Morgan fingerprint density at radius 3 is 2.08 bits per heavy atom. The second-order valence-electron chi connectivity index (χ2n) is 6.77. The van der Waals surface area contributed by atoms with Gasteiger partial charge in [0, 0.05) is 19.1 Å². The maximum absolute atomic E-state index is 11.7. The van der Waals surface area contributed by atoms with Crippen LogP contribution in [-0.2, 0) is 32.8 Å². The van der Waals surface area contributed by atoms with Crippen molar-refractivity contribution in [3.8, 4) is 0 Å². The predicted molar refractivity (Wildman–Crippen MR) is 97.7 cm³/mol. The van der Waals surface area contributed by atoms with Crippen LogP contribution in [0.3, 0.4) is 0 Å². The highest BCUT2D eigenvalue weighted by atomic mass is 32.2. The predicted octanol–water partition coefficient (Wildman–Crippen LogP) is 3.60. The Morgan fingerprint density at radius 2 is 1.48 bits per heavy atom. The molecule has 0 radical (unpaired) electrons. The monoisotopic (exact) mass is 357 g/mol. The fraction of sp³-hybridized carbons (Fsp3) is 0.400. The van der Waals surface area contributed by atoms with Crippen molar-refractivity contribution in [2.24, 2.45) is 0 Å². The van der Waals surface area contributed by atoms with Crippen LogP contribution in [0.5, 0.6) is 0 Å². The number of benzene rings is 2. The highest BCUT2D eigenvalue weighted by molar-refractivity contribution is 7.75. The van der Waals surface area contributed by atoms with Crippen LogP contribution >= 0.6 is 0 Å². The molecule has 2 unspecified atom stereocenters. The van der Waals surface area contributed by atoms with Crippen molar-refractivity contribution in [3.05, 3.63) is 71.8 Å². The Hall–Kier alpha value is -1.53. The molecule has 2 aliphatic rings. The van der Waals surface area contributed by atoms with E-state index in [0.717, 1.165) is 32.4 Å². The summed E-state index contributed by atoms with van der Waals surface area (Å²) in [5, 5.41) is 0. The highest BCUT2D eigenvalue weighted by Gasteiger charge is 2.45. The normalized spacial score (nSPS) is 28.8. The first-order valence-electron chi connectivity index (χ1n) is 8.87. The molecule has 1 heterocycles. The summed E-state index contributed by atoms with van der Waals surface area (Å²) in [6.07, 6.45) is 2.89. The lowest BCUT2D eigenvalue weighted by molar-refractivity contribution is 0.00675. The van der Waals surface area contributed by atoms with Gasteiger partial charge in [-0.25, -0.2) is 0 Å². The molecule has 2 aromatic rings. The van der Waals surface area contributed by atoms with Gasteiger partial charge >= 0.3 is 11.4 Å². The molecule has 0 spiro atoms. The minimum absolute atomic E-state index is 0.0476. The van der Waals surface area contributed by atoms with Gasteiger partial charge in [0.2, 0.25) is 0 Å². The van der Waals surface area contributed by atoms with Crippen LogP contribution in [-0.4, -0.2) is 27.4 Å². The summed E-state index contributed by atoms with van der Waals surface area (Å²) in [4.78, 5) is 2.45. The van der Waals surface area contributed by atoms with Crippen LogP contribution in [0, 0.1) is 0 Å². The first-order valence-corrected chi connectivity index (χ1v) is 9.87. The lowest BCUT2D eigenvalue weighted by Crippen LogP contribution is -2.49. The molecule has 5 heteroatoms. The summed E-state index contributed by atoms with van der Waals surface area (Å²) in [6, 6.07) is 21.2. The number of hydrogen-bond donors (Lipinski definition) is 0. The van der Waals surface area contributed by atoms with Crippen LogP contribution in [0.2, 0.25) is 0 Å². The van der Waals surface area contributed by atoms with E-state index in [0.29, 0.717) is 0 Å². The molecule has 2 aromatic carbocycles. The van der Waals surface area contributed by atoms with Crippen molar-refractivity contribution in [1.82, 2.24) is 4.90 Å². The first kappa shape index (κ1) is 16.9. The third-order valence-electron chi connectivity index (χ3n) is 5.05. The van der Waals surface area contributed by atoms with Gasteiger partial charge in [-0.15, -0.1) is 0 Å². The maximum atomic E-state index is 11.7. The summed E-state index contributed by atoms with van der Waals surface area (Å²) in [5.41, 5.74) is 2.56. The molecule has 25 heavy (non-hydrogen) atoms. The largest absolute Gasteiger partial charge is 0.305 e. The van der Waals surface area contributed by atoms with E-state index in [1.807, 2.05) is 12.1 Å². The van der Waals surface area contributed by atoms with Crippen LogP contribution in [0.1, 0.15) is 30.4 Å². The van der Waals surface area contributed by atoms with Crippen LogP contribution in [0.4, 0.5) is 0 Å². The smallest absolute Gasteiger partial charge is 0.289 e. The van der Waals surface area contributed by atoms with E-state index in [2.05, 4.69) is 53.4 Å². The van der Waals surface area contributed by atoms with Gasteiger partial charge in [-0.3, -0.25) is 13.3 Å². The molecule has 2 fully saturated rings. The van der Waals surface area contributed by atoms with Crippen LogP contribution < -0.4 is 0 Å². The SMILES string of the molecule is O=S1O[C@@H]2CCCC(N(Cc3ccccc3)Cc3ccccc3)[C@@H]2O1. The Bertz CT molecular complexity index is 668. The van der Waals surface area contributed by atoms with E-state index in [1.54, 1.807) is 0 Å². The quantitative estimate of drug-likeness (QED) is 0.819. The summed E-state index contributed by atoms with van der Waals surface area (Å²) in [5.74, 6) is 0. The molecule has 0 N–H and O–H groups in total. The molecule has 132 valence electrons. The van der Waals surface area contributed by atoms with Gasteiger partial charge in [-0.1, -0.05) is 60.7 Å². The maximum Gasteiger partial charge on any atom is 0.305 e. The van der Waals surface area contributed by atoms with Crippen molar-refractivity contribution in [3.63, 3.8) is 0 Å². The minimum atomic E-state index is -1.60. The third kappa shape index (κ3) is 4.01. The molecular formula is C20H23NO3S. The van der Waals surface area contributed by atoms with Gasteiger partial charge in [-0.05, 0) is 30.4 Å². The number of rotatable bonds is 5. The van der Waals surface area contributed by atoms with Crippen molar-refractivity contribution >= 4 is 11.4 Å². The second kappa shape index (κ2) is 7.79. The average Bonchev–Trinajstić information content (AvgIpc) is 3.03. The van der Waals surface area contributed by atoms with E-state index in [4.69, 9.17) is 8.37 Å². The Labute approximate surface area is 151 Å². The van der Waals surface area contributed by atoms with E-state index in [-0.39, 0.29) is 18.2 Å². The Kier molecular flexibility index (Phi) is 5.27. The molecule has 0 aromatic heterocycles. The molecule has 1 aliphatic carbocycles. The fourth-order valence-corrected chi connectivity index (χ4v) is 4.75. The topological polar surface area (TPSA) is 38.8 Å². The zero-order valence-corrected chi connectivity index (χ0v) is 14.9. The van der Waals surface area contributed by atoms with Crippen molar-refractivity contribution < 1.29 is 12.6 Å². The standard InChI is InChI=1S/C20H23NO3S/c22-25-23-19-13-7-12-18(20(19)24-25)21(14-16-8-3-1-4-9-16)15-17-10-5-2-6-11-17/h1-6,8-11,18-20H,7,12-15H2/t18?,19-,20+,25?/m1/s1. The molecule has 4 rings (SSSR count). The number of nitrogens with zero attached hydrogens (tertiary/aromatic N) is 1. The van der Waals surface area contributed by atoms with Gasteiger partial charge in [-0.2, -0.15) is 4.21 Å². The van der Waals surface area contributed by atoms with Crippen molar-refractivity contribution in [2.45, 2.75) is 50.6 Å². The molecule has 0 amide bonds. The Morgan fingerprint density at radius 1 is 0.880 bits per heavy atom. The molecule has 4 atom stereocenters. The van der Waals surface area contributed by atoms with E-state index >= 15 is 0 Å². The molecule has 1 aliphatic heterocycles.